The van der Waals surface area contributed by atoms with Gasteiger partial charge in [-0.05, 0) is 56.3 Å². The molecule has 0 atom stereocenters. The van der Waals surface area contributed by atoms with Gasteiger partial charge in [0.15, 0.2) is 0 Å². The zero-order chi connectivity index (χ0) is 20.5. The highest BCUT2D eigenvalue weighted by Gasteiger charge is 2.24. The molecule has 7 heteroatoms. The van der Waals surface area contributed by atoms with Crippen molar-refractivity contribution in [2.24, 2.45) is 7.05 Å². The van der Waals surface area contributed by atoms with E-state index in [9.17, 15) is 0 Å². The number of piperidine rings is 1. The van der Waals surface area contributed by atoms with Gasteiger partial charge in [0.25, 0.3) is 0 Å². The van der Waals surface area contributed by atoms with Gasteiger partial charge in [0, 0.05) is 35.8 Å². The van der Waals surface area contributed by atoms with Crippen molar-refractivity contribution in [1.82, 2.24) is 24.4 Å². The molecule has 0 N–H and O–H groups in total. The maximum absolute atomic E-state index is 5.31. The van der Waals surface area contributed by atoms with Crippen molar-refractivity contribution in [1.29, 1.82) is 0 Å². The summed E-state index contributed by atoms with van der Waals surface area (Å²) in [6.45, 7) is 3.11. The van der Waals surface area contributed by atoms with Crippen molar-refractivity contribution in [3.05, 3.63) is 58.9 Å². The first-order chi connectivity index (χ1) is 14.7. The highest BCUT2D eigenvalue weighted by molar-refractivity contribution is 7.09. The van der Waals surface area contributed by atoms with E-state index in [1.165, 1.54) is 10.7 Å². The Morgan fingerprint density at radius 1 is 1.13 bits per heavy atom. The van der Waals surface area contributed by atoms with E-state index in [1.54, 1.807) is 18.4 Å². The Balaban J connectivity index is 1.42. The molecule has 0 amide bonds. The van der Waals surface area contributed by atoms with Gasteiger partial charge >= 0.3 is 0 Å². The molecule has 0 spiro atoms. The van der Waals surface area contributed by atoms with E-state index in [0.717, 1.165) is 60.5 Å². The monoisotopic (exact) mass is 419 g/mol. The van der Waals surface area contributed by atoms with Crippen LogP contribution < -0.4 is 4.74 Å². The van der Waals surface area contributed by atoms with E-state index >= 15 is 0 Å². The molecule has 1 saturated heterocycles. The first-order valence-electron chi connectivity index (χ1n) is 10.3. The van der Waals surface area contributed by atoms with Gasteiger partial charge in [-0.3, -0.25) is 9.88 Å². The van der Waals surface area contributed by atoms with E-state index in [0.29, 0.717) is 5.92 Å². The number of rotatable bonds is 5. The van der Waals surface area contributed by atoms with Crippen molar-refractivity contribution in [2.45, 2.75) is 25.3 Å². The largest absolute Gasteiger partial charge is 0.497 e. The first-order valence-corrected chi connectivity index (χ1v) is 11.2. The van der Waals surface area contributed by atoms with Crippen molar-refractivity contribution < 1.29 is 4.74 Å². The molecule has 0 aliphatic carbocycles. The predicted octanol–water partition coefficient (Wildman–Crippen LogP) is 4.48. The zero-order valence-electron chi connectivity index (χ0n) is 17.3. The molecule has 154 valence electrons. The van der Waals surface area contributed by atoms with Gasteiger partial charge in [-0.15, -0.1) is 11.3 Å². The maximum Gasteiger partial charge on any atom is 0.118 e. The lowest BCUT2D eigenvalue weighted by molar-refractivity contribution is 0.203. The lowest BCUT2D eigenvalue weighted by atomic mass is 9.92. The van der Waals surface area contributed by atoms with Crippen LogP contribution in [0.2, 0.25) is 0 Å². The quantitative estimate of drug-likeness (QED) is 0.477. The molecule has 1 aromatic carbocycles. The molecule has 1 aliphatic rings. The number of hydrogen-bond donors (Lipinski definition) is 0. The Labute approximate surface area is 180 Å². The number of likely N-dealkylation sites (tertiary alicyclic amines) is 1. The van der Waals surface area contributed by atoms with Crippen LogP contribution in [0.1, 0.15) is 29.5 Å². The summed E-state index contributed by atoms with van der Waals surface area (Å²) in [5.41, 5.74) is 5.29. The van der Waals surface area contributed by atoms with Gasteiger partial charge in [0.2, 0.25) is 0 Å². The fourth-order valence-electron chi connectivity index (χ4n) is 4.22. The molecule has 0 saturated carbocycles. The number of aromatic nitrogens is 4. The molecule has 0 radical (unpaired) electrons. The number of aryl methyl sites for hydroxylation is 1. The minimum absolute atomic E-state index is 0.467. The molecule has 6 nitrogen and oxygen atoms in total. The van der Waals surface area contributed by atoms with Crippen LogP contribution in [0.15, 0.2) is 48.2 Å². The van der Waals surface area contributed by atoms with Crippen molar-refractivity contribution in [3.63, 3.8) is 0 Å². The van der Waals surface area contributed by atoms with Crippen molar-refractivity contribution in [2.75, 3.05) is 20.2 Å². The smallest absolute Gasteiger partial charge is 0.118 e. The van der Waals surface area contributed by atoms with Gasteiger partial charge in [-0.1, -0.05) is 0 Å². The Morgan fingerprint density at radius 3 is 2.63 bits per heavy atom. The molecule has 0 bridgehead atoms. The summed E-state index contributed by atoms with van der Waals surface area (Å²) in [6.07, 6.45) is 5.99. The Morgan fingerprint density at radius 2 is 1.93 bits per heavy atom. The molecule has 1 aliphatic heterocycles. The van der Waals surface area contributed by atoms with Crippen molar-refractivity contribution in [3.8, 4) is 17.0 Å². The van der Waals surface area contributed by atoms with Crippen LogP contribution in [0.25, 0.3) is 22.3 Å². The molecule has 1 fully saturated rings. The molecule has 4 aromatic rings. The van der Waals surface area contributed by atoms with Gasteiger partial charge in [0.05, 0.1) is 31.2 Å². The lowest BCUT2D eigenvalue weighted by Gasteiger charge is -2.31. The predicted molar refractivity (Wildman–Crippen MR) is 120 cm³/mol. The van der Waals surface area contributed by atoms with Gasteiger partial charge in [0.1, 0.15) is 16.3 Å². The number of nitrogens with zero attached hydrogens (tertiary/aromatic N) is 5. The highest BCUT2D eigenvalue weighted by atomic mass is 32.1. The van der Waals surface area contributed by atoms with Crippen LogP contribution in [-0.4, -0.2) is 44.6 Å². The molecular formula is C23H25N5OS. The molecule has 0 unspecified atom stereocenters. The van der Waals surface area contributed by atoms with Gasteiger partial charge in [-0.25, -0.2) is 9.97 Å². The normalized spacial score (nSPS) is 15.7. The fraction of sp³-hybridized carbons (Fsp3) is 0.348. The van der Waals surface area contributed by atoms with Crippen LogP contribution in [0.4, 0.5) is 0 Å². The van der Waals surface area contributed by atoms with E-state index in [2.05, 4.69) is 43.0 Å². The van der Waals surface area contributed by atoms with Gasteiger partial charge in [-0.2, -0.15) is 0 Å². The summed E-state index contributed by atoms with van der Waals surface area (Å²) in [7, 11) is 3.74. The van der Waals surface area contributed by atoms with E-state index in [-0.39, 0.29) is 0 Å². The third kappa shape index (κ3) is 3.70. The molecule has 3 aromatic heterocycles. The lowest BCUT2D eigenvalue weighted by Crippen LogP contribution is -2.32. The number of hydrogen-bond acceptors (Lipinski definition) is 6. The molecular weight excluding hydrogens is 394 g/mol. The third-order valence-corrected chi connectivity index (χ3v) is 6.71. The first kappa shape index (κ1) is 19.2. The van der Waals surface area contributed by atoms with Crippen LogP contribution >= 0.6 is 11.3 Å². The average Bonchev–Trinajstić information content (AvgIpc) is 3.44. The highest BCUT2D eigenvalue weighted by Crippen LogP contribution is 2.33. The number of ether oxygens (including phenoxy) is 1. The second-order valence-electron chi connectivity index (χ2n) is 7.82. The average molecular weight is 420 g/mol. The van der Waals surface area contributed by atoms with Crippen LogP contribution in [-0.2, 0) is 13.6 Å². The molecule has 4 heterocycles. The van der Waals surface area contributed by atoms with Crippen LogP contribution in [0, 0.1) is 0 Å². The van der Waals surface area contributed by atoms with Gasteiger partial charge < -0.3 is 9.30 Å². The maximum atomic E-state index is 5.31. The summed E-state index contributed by atoms with van der Waals surface area (Å²) in [6, 6.07) is 10.3. The number of thiazole rings is 1. The third-order valence-electron chi connectivity index (χ3n) is 5.94. The molecule has 5 rings (SSSR count). The summed E-state index contributed by atoms with van der Waals surface area (Å²) in [5.74, 6) is 1.31. The Bertz CT molecular complexity index is 1130. The van der Waals surface area contributed by atoms with E-state index in [1.807, 2.05) is 31.7 Å². The number of pyridine rings is 1. The second-order valence-corrected chi connectivity index (χ2v) is 8.80. The summed E-state index contributed by atoms with van der Waals surface area (Å²) in [5, 5.41) is 3.25. The number of imidazole rings is 1. The van der Waals surface area contributed by atoms with E-state index in [4.69, 9.17) is 9.72 Å². The minimum atomic E-state index is 0.467. The standard InChI is InChI=1S/C23H25N5OS/c1-27-15-25-23-20(27)13-19(26-22(23)17-3-5-18(29-2)6-4-17)16-7-10-28(11-8-16)14-21-24-9-12-30-21/h3-6,9,12-13,15-16H,7-8,10-11,14H2,1-2H3. The summed E-state index contributed by atoms with van der Waals surface area (Å²) < 4.78 is 7.40. The minimum Gasteiger partial charge on any atom is -0.497 e. The fourth-order valence-corrected chi connectivity index (χ4v) is 4.87. The Kier molecular flexibility index (Phi) is 5.23. The number of methoxy groups -OCH3 is 1. The Hall–Kier alpha value is -2.77. The zero-order valence-corrected chi connectivity index (χ0v) is 18.1. The summed E-state index contributed by atoms with van der Waals surface area (Å²) >= 11 is 1.74. The second kappa shape index (κ2) is 8.16. The summed E-state index contributed by atoms with van der Waals surface area (Å²) in [4.78, 5) is 16.7. The van der Waals surface area contributed by atoms with Crippen LogP contribution in [0.5, 0.6) is 5.75 Å². The van der Waals surface area contributed by atoms with Crippen molar-refractivity contribution >= 4 is 22.4 Å². The number of fused-ring (bicyclic) bond motifs is 1. The molecule has 30 heavy (non-hydrogen) atoms. The number of benzene rings is 1. The van der Waals surface area contributed by atoms with E-state index < -0.39 is 0 Å². The van der Waals surface area contributed by atoms with Crippen LogP contribution in [0.3, 0.4) is 0 Å². The topological polar surface area (TPSA) is 56.1 Å². The SMILES string of the molecule is COc1ccc(-c2nc(C3CCN(Cc4nccs4)CC3)cc3c2ncn3C)cc1.